The van der Waals surface area contributed by atoms with E-state index >= 15 is 0 Å². The Balaban J connectivity index is 1.90. The molecule has 1 aliphatic rings. The molecule has 2 N–H and O–H groups in total. The van der Waals surface area contributed by atoms with E-state index in [4.69, 9.17) is 5.73 Å². The summed E-state index contributed by atoms with van der Waals surface area (Å²) >= 11 is 0. The van der Waals surface area contributed by atoms with Crippen molar-refractivity contribution in [2.75, 3.05) is 5.73 Å². The second-order valence-electron chi connectivity index (χ2n) is 5.23. The highest BCUT2D eigenvalue weighted by Crippen LogP contribution is 2.30. The summed E-state index contributed by atoms with van der Waals surface area (Å²) in [5.41, 5.74) is 9.60. The van der Waals surface area contributed by atoms with Gasteiger partial charge in [0.2, 0.25) is 0 Å². The van der Waals surface area contributed by atoms with E-state index in [0.717, 1.165) is 29.8 Å². The summed E-state index contributed by atoms with van der Waals surface area (Å²) in [5, 5.41) is 4.65. The second kappa shape index (κ2) is 5.03. The first-order chi connectivity index (χ1) is 9.24. The third-order valence-corrected chi connectivity index (χ3v) is 3.70. The van der Waals surface area contributed by atoms with Gasteiger partial charge in [-0.25, -0.2) is 0 Å². The summed E-state index contributed by atoms with van der Waals surface area (Å²) in [6, 6.07) is 4.50. The topological polar surface area (TPSA) is 56.7 Å². The molecule has 0 amide bonds. The Hall–Kier alpha value is -1.84. The first-order valence-corrected chi connectivity index (χ1v) is 6.83. The molecule has 0 aliphatic heterocycles. The molecule has 99 valence electrons. The molecule has 2 aromatic heterocycles. The van der Waals surface area contributed by atoms with Crippen LogP contribution in [0.2, 0.25) is 0 Å². The summed E-state index contributed by atoms with van der Waals surface area (Å²) in [6.45, 7) is 2.03. The molecule has 0 saturated heterocycles. The van der Waals surface area contributed by atoms with Crippen LogP contribution < -0.4 is 5.73 Å². The summed E-state index contributed by atoms with van der Waals surface area (Å²) in [6.07, 6.45) is 10.8. The van der Waals surface area contributed by atoms with Gasteiger partial charge in [0.05, 0.1) is 17.4 Å². The predicted molar refractivity (Wildman–Crippen MR) is 76.4 cm³/mol. The van der Waals surface area contributed by atoms with E-state index in [1.165, 1.54) is 12.8 Å². The molecule has 0 atom stereocenters. The van der Waals surface area contributed by atoms with Crippen molar-refractivity contribution in [3.63, 3.8) is 0 Å². The highest BCUT2D eigenvalue weighted by molar-refractivity contribution is 5.68. The zero-order valence-corrected chi connectivity index (χ0v) is 11.2. The van der Waals surface area contributed by atoms with Crippen molar-refractivity contribution in [2.24, 2.45) is 0 Å². The van der Waals surface area contributed by atoms with E-state index in [9.17, 15) is 0 Å². The lowest BCUT2D eigenvalue weighted by Crippen LogP contribution is -2.13. The van der Waals surface area contributed by atoms with Crippen LogP contribution in [0.3, 0.4) is 0 Å². The third-order valence-electron chi connectivity index (χ3n) is 3.70. The van der Waals surface area contributed by atoms with E-state index < -0.39 is 0 Å². The minimum absolute atomic E-state index is 0.478. The molecule has 2 aromatic rings. The zero-order chi connectivity index (χ0) is 13.2. The van der Waals surface area contributed by atoms with Crippen LogP contribution in [0.5, 0.6) is 0 Å². The number of nitrogens with two attached hydrogens (primary N) is 1. The summed E-state index contributed by atoms with van der Waals surface area (Å²) in [5.74, 6) is 0. The molecule has 2 heterocycles. The van der Waals surface area contributed by atoms with E-state index in [1.807, 2.05) is 36.1 Å². The molecule has 1 aliphatic carbocycles. The van der Waals surface area contributed by atoms with Gasteiger partial charge >= 0.3 is 0 Å². The average Bonchev–Trinajstić information content (AvgIpc) is 2.83. The Bertz CT molecular complexity index is 550. The largest absolute Gasteiger partial charge is 0.396 e. The lowest BCUT2D eigenvalue weighted by Gasteiger charge is -2.21. The van der Waals surface area contributed by atoms with Crippen molar-refractivity contribution in [1.82, 2.24) is 14.8 Å². The quantitative estimate of drug-likeness (QED) is 0.896. The van der Waals surface area contributed by atoms with Crippen LogP contribution in [-0.2, 0) is 0 Å². The van der Waals surface area contributed by atoms with Crippen molar-refractivity contribution < 1.29 is 0 Å². The highest BCUT2D eigenvalue weighted by atomic mass is 15.3. The molecule has 0 spiro atoms. The Kier molecular flexibility index (Phi) is 3.23. The van der Waals surface area contributed by atoms with Crippen molar-refractivity contribution in [1.29, 1.82) is 0 Å². The Morgan fingerprint density at radius 2 is 2.05 bits per heavy atom. The van der Waals surface area contributed by atoms with Gasteiger partial charge in [-0.15, -0.1) is 0 Å². The fourth-order valence-electron chi connectivity index (χ4n) is 2.57. The molecule has 0 unspecified atom stereocenters. The van der Waals surface area contributed by atoms with E-state index in [0.29, 0.717) is 11.7 Å². The van der Waals surface area contributed by atoms with Gasteiger partial charge in [0.25, 0.3) is 0 Å². The molecule has 0 bridgehead atoms. The normalized spacial score (nSPS) is 16.7. The van der Waals surface area contributed by atoms with Crippen molar-refractivity contribution in [3.8, 4) is 11.4 Å². The Morgan fingerprint density at radius 3 is 2.74 bits per heavy atom. The number of nitrogens with zero attached hydrogens (tertiary/aromatic N) is 3. The maximum Gasteiger partial charge on any atom is 0.134 e. The Morgan fingerprint density at radius 1 is 1.26 bits per heavy atom. The van der Waals surface area contributed by atoms with Crippen LogP contribution in [0.1, 0.15) is 37.3 Å². The van der Waals surface area contributed by atoms with Crippen LogP contribution in [-0.4, -0.2) is 14.8 Å². The van der Waals surface area contributed by atoms with Crippen LogP contribution in [0.25, 0.3) is 11.4 Å². The highest BCUT2D eigenvalue weighted by Gasteiger charge is 2.18. The lowest BCUT2D eigenvalue weighted by atomic mass is 9.96. The van der Waals surface area contributed by atoms with Crippen LogP contribution >= 0.6 is 0 Å². The number of hydrogen-bond donors (Lipinski definition) is 1. The van der Waals surface area contributed by atoms with Gasteiger partial charge in [-0.3, -0.25) is 9.67 Å². The third kappa shape index (κ3) is 2.48. The lowest BCUT2D eigenvalue weighted by molar-refractivity contribution is 0.366. The minimum atomic E-state index is 0.478. The smallest absolute Gasteiger partial charge is 0.134 e. The standard InChI is InChI=1S/C15H19N4/c1-11-7-8-14(17-9-11)15-13(16)10-19(18-15)12-5-3-2-4-6-12/h2,7-10,12H,3-6,16H2,1H3. The number of anilines is 1. The minimum Gasteiger partial charge on any atom is -0.396 e. The van der Waals surface area contributed by atoms with Gasteiger partial charge in [0.15, 0.2) is 0 Å². The van der Waals surface area contributed by atoms with Crippen molar-refractivity contribution >= 4 is 5.69 Å². The monoisotopic (exact) mass is 255 g/mol. The van der Waals surface area contributed by atoms with Gasteiger partial charge in [0, 0.05) is 12.4 Å². The maximum atomic E-state index is 6.09. The SMILES string of the molecule is Cc1ccc(-c2nn(C3CC[CH]CC3)cc2N)nc1. The van der Waals surface area contributed by atoms with Gasteiger partial charge < -0.3 is 5.73 Å². The molecule has 4 heteroatoms. The molecule has 1 saturated carbocycles. The average molecular weight is 255 g/mol. The van der Waals surface area contributed by atoms with E-state index in [-0.39, 0.29) is 0 Å². The second-order valence-corrected chi connectivity index (χ2v) is 5.23. The molecular weight excluding hydrogens is 236 g/mol. The Labute approximate surface area is 113 Å². The molecule has 3 rings (SSSR count). The number of rotatable bonds is 2. The first kappa shape index (κ1) is 12.2. The first-order valence-electron chi connectivity index (χ1n) is 6.83. The summed E-state index contributed by atoms with van der Waals surface area (Å²) in [4.78, 5) is 4.41. The predicted octanol–water partition coefficient (Wildman–Crippen LogP) is 3.16. The molecule has 1 radical (unpaired) electrons. The van der Waals surface area contributed by atoms with Gasteiger partial charge in [-0.1, -0.05) is 6.07 Å². The number of aryl methyl sites for hydroxylation is 1. The number of nitrogen functional groups attached to an aromatic ring is 1. The number of aromatic nitrogens is 3. The fourth-order valence-corrected chi connectivity index (χ4v) is 2.57. The van der Waals surface area contributed by atoms with Gasteiger partial charge in [-0.05, 0) is 50.7 Å². The van der Waals surface area contributed by atoms with Crippen molar-refractivity contribution in [3.05, 3.63) is 36.5 Å². The molecule has 19 heavy (non-hydrogen) atoms. The molecule has 4 nitrogen and oxygen atoms in total. The molecule has 1 fully saturated rings. The van der Waals surface area contributed by atoms with Crippen LogP contribution in [0.15, 0.2) is 24.5 Å². The van der Waals surface area contributed by atoms with Crippen molar-refractivity contribution in [2.45, 2.75) is 38.6 Å². The number of hydrogen-bond acceptors (Lipinski definition) is 3. The van der Waals surface area contributed by atoms with Crippen LogP contribution in [0.4, 0.5) is 5.69 Å². The zero-order valence-electron chi connectivity index (χ0n) is 11.2. The van der Waals surface area contributed by atoms with Gasteiger partial charge in [0.1, 0.15) is 5.69 Å². The fraction of sp³-hybridized carbons (Fsp3) is 0.400. The maximum absolute atomic E-state index is 6.09. The van der Waals surface area contributed by atoms with E-state index in [1.54, 1.807) is 0 Å². The summed E-state index contributed by atoms with van der Waals surface area (Å²) < 4.78 is 2.03. The van der Waals surface area contributed by atoms with Crippen LogP contribution in [0, 0.1) is 13.3 Å². The number of pyridine rings is 1. The van der Waals surface area contributed by atoms with E-state index in [2.05, 4.69) is 16.5 Å². The van der Waals surface area contributed by atoms with Gasteiger partial charge in [-0.2, -0.15) is 5.10 Å². The summed E-state index contributed by atoms with van der Waals surface area (Å²) in [7, 11) is 0. The molecule has 0 aromatic carbocycles. The molecular formula is C15H19N4.